The van der Waals surface area contributed by atoms with Gasteiger partial charge in [-0.25, -0.2) is 9.78 Å². The van der Waals surface area contributed by atoms with Gasteiger partial charge in [0.15, 0.2) is 0 Å². The number of nitrogens with zero attached hydrogens (tertiary/aromatic N) is 3. The zero-order valence-electron chi connectivity index (χ0n) is 12.8. The molecule has 1 aliphatic rings. The number of amides is 2. The van der Waals surface area contributed by atoms with E-state index in [4.69, 9.17) is 0 Å². The summed E-state index contributed by atoms with van der Waals surface area (Å²) in [5.74, 6) is 0.215. The smallest absolute Gasteiger partial charge is 0.387 e. The van der Waals surface area contributed by atoms with E-state index in [1.165, 1.54) is 12.1 Å². The van der Waals surface area contributed by atoms with Gasteiger partial charge in [0.2, 0.25) is 0 Å². The van der Waals surface area contributed by atoms with Crippen LogP contribution in [0.5, 0.6) is 5.75 Å². The van der Waals surface area contributed by atoms with Crippen molar-refractivity contribution in [3.63, 3.8) is 0 Å². The molecule has 2 N–H and O–H groups in total. The second-order valence-electron chi connectivity index (χ2n) is 5.40. The van der Waals surface area contributed by atoms with Crippen LogP contribution in [-0.2, 0) is 0 Å². The lowest BCUT2D eigenvalue weighted by Gasteiger charge is -2.34. The topological polar surface area (TPSA) is 83.1 Å². The molecular weight excluding hydrogens is 320 g/mol. The van der Waals surface area contributed by atoms with Crippen molar-refractivity contribution in [3.05, 3.63) is 36.3 Å². The molecular formula is C15H17F2N5O2. The summed E-state index contributed by atoms with van der Waals surface area (Å²) in [6.07, 6.45) is 5.61. The van der Waals surface area contributed by atoms with Gasteiger partial charge in [0.1, 0.15) is 11.6 Å². The van der Waals surface area contributed by atoms with Gasteiger partial charge in [0, 0.05) is 12.7 Å². The molecule has 0 radical (unpaired) electrons. The Balaban J connectivity index is 1.66. The summed E-state index contributed by atoms with van der Waals surface area (Å²) in [5.41, 5.74) is 0.887. The summed E-state index contributed by atoms with van der Waals surface area (Å²) < 4.78 is 28.5. The number of H-pyrrole nitrogens is 1. The Bertz CT molecular complexity index is 663. The van der Waals surface area contributed by atoms with Crippen LogP contribution < -0.4 is 10.1 Å². The highest BCUT2D eigenvalue weighted by Gasteiger charge is 2.29. The summed E-state index contributed by atoms with van der Waals surface area (Å²) in [5, 5.41) is 9.53. The quantitative estimate of drug-likeness (QED) is 0.898. The monoisotopic (exact) mass is 337 g/mol. The van der Waals surface area contributed by atoms with Crippen LogP contribution in [0, 0.1) is 0 Å². The fourth-order valence-corrected chi connectivity index (χ4v) is 2.76. The molecule has 1 fully saturated rings. The van der Waals surface area contributed by atoms with Gasteiger partial charge < -0.3 is 9.64 Å². The van der Waals surface area contributed by atoms with Gasteiger partial charge in [-0.3, -0.25) is 10.4 Å². The third kappa shape index (κ3) is 3.79. The number of pyridine rings is 1. The third-order valence-electron chi connectivity index (χ3n) is 3.84. The second-order valence-corrected chi connectivity index (χ2v) is 5.40. The number of piperidine rings is 1. The largest absolute Gasteiger partial charge is 0.433 e. The van der Waals surface area contributed by atoms with E-state index in [9.17, 15) is 13.6 Å². The van der Waals surface area contributed by atoms with E-state index in [2.05, 4.69) is 25.2 Å². The number of anilines is 1. The lowest BCUT2D eigenvalue weighted by molar-refractivity contribution is -0.0500. The van der Waals surface area contributed by atoms with Crippen LogP contribution in [0.4, 0.5) is 19.4 Å². The number of carbonyl (C=O) groups is 1. The normalized spacial score (nSPS) is 17.8. The second kappa shape index (κ2) is 7.24. The van der Waals surface area contributed by atoms with Crippen molar-refractivity contribution in [1.82, 2.24) is 20.1 Å². The number of halogens is 2. The van der Waals surface area contributed by atoms with Gasteiger partial charge in [0.05, 0.1) is 17.9 Å². The Labute approximate surface area is 137 Å². The Morgan fingerprint density at radius 1 is 1.38 bits per heavy atom. The van der Waals surface area contributed by atoms with Crippen molar-refractivity contribution >= 4 is 11.8 Å². The number of nitrogens with one attached hydrogen (secondary N) is 2. The van der Waals surface area contributed by atoms with Crippen LogP contribution >= 0.6 is 0 Å². The molecule has 0 unspecified atom stereocenters. The molecule has 2 aromatic heterocycles. The summed E-state index contributed by atoms with van der Waals surface area (Å²) in [7, 11) is 0. The fourth-order valence-electron chi connectivity index (χ4n) is 2.76. The number of hydrogen-bond donors (Lipinski definition) is 2. The van der Waals surface area contributed by atoms with Crippen molar-refractivity contribution < 1.29 is 18.3 Å². The maximum Gasteiger partial charge on any atom is 0.387 e. The number of ether oxygens (including phenoxy) is 1. The van der Waals surface area contributed by atoms with Gasteiger partial charge in [0.25, 0.3) is 0 Å². The van der Waals surface area contributed by atoms with Gasteiger partial charge >= 0.3 is 12.6 Å². The number of rotatable bonds is 4. The number of urea groups is 1. The summed E-state index contributed by atoms with van der Waals surface area (Å²) >= 11 is 0. The molecule has 24 heavy (non-hydrogen) atoms. The lowest BCUT2D eigenvalue weighted by atomic mass is 10.00. The Morgan fingerprint density at radius 3 is 2.92 bits per heavy atom. The molecule has 128 valence electrons. The van der Waals surface area contributed by atoms with E-state index in [-0.39, 0.29) is 23.6 Å². The molecule has 1 saturated heterocycles. The van der Waals surface area contributed by atoms with Crippen molar-refractivity contribution in [2.75, 3.05) is 11.9 Å². The van der Waals surface area contributed by atoms with Crippen LogP contribution in [-0.4, -0.2) is 39.3 Å². The average molecular weight is 337 g/mol. The van der Waals surface area contributed by atoms with Crippen molar-refractivity contribution in [1.29, 1.82) is 0 Å². The van der Waals surface area contributed by atoms with Crippen molar-refractivity contribution in [2.45, 2.75) is 31.9 Å². The Hall–Kier alpha value is -2.71. The zero-order chi connectivity index (χ0) is 16.9. The SMILES string of the molecule is O=C(Nc1ccc(OC(F)F)cn1)N1CCCC[C@@H]1c1ccn[nH]1. The molecule has 3 rings (SSSR count). The standard InChI is InChI=1S/C15H17F2N5O2/c16-14(17)24-10-4-5-13(18-9-10)20-15(23)22-8-2-1-3-12(22)11-6-7-19-21-11/h4-7,9,12,14H,1-3,8H2,(H,19,21)(H,18,20,23)/t12-/m1/s1. The van der Waals surface area contributed by atoms with E-state index in [0.717, 1.165) is 31.2 Å². The molecule has 0 bridgehead atoms. The van der Waals surface area contributed by atoms with E-state index in [1.54, 1.807) is 11.1 Å². The molecule has 0 aromatic carbocycles. The first-order chi connectivity index (χ1) is 11.6. The van der Waals surface area contributed by atoms with Gasteiger partial charge in [-0.05, 0) is 37.5 Å². The van der Waals surface area contributed by atoms with Gasteiger partial charge in [-0.1, -0.05) is 0 Å². The van der Waals surface area contributed by atoms with E-state index in [1.807, 2.05) is 6.07 Å². The lowest BCUT2D eigenvalue weighted by Crippen LogP contribution is -2.41. The molecule has 2 aromatic rings. The molecule has 9 heteroatoms. The predicted molar refractivity (Wildman–Crippen MR) is 81.8 cm³/mol. The molecule has 1 aliphatic heterocycles. The van der Waals surface area contributed by atoms with Crippen LogP contribution in [0.3, 0.4) is 0 Å². The average Bonchev–Trinajstić information content (AvgIpc) is 3.10. The van der Waals surface area contributed by atoms with Crippen molar-refractivity contribution in [3.8, 4) is 5.75 Å². The maximum atomic E-state index is 12.5. The third-order valence-corrected chi connectivity index (χ3v) is 3.84. The maximum absolute atomic E-state index is 12.5. The molecule has 0 aliphatic carbocycles. The minimum absolute atomic E-state index is 0.0590. The molecule has 0 spiro atoms. The molecule has 3 heterocycles. The summed E-state index contributed by atoms with van der Waals surface area (Å²) in [4.78, 5) is 18.2. The number of aromatic nitrogens is 3. The van der Waals surface area contributed by atoms with Crippen LogP contribution in [0.15, 0.2) is 30.6 Å². The summed E-state index contributed by atoms with van der Waals surface area (Å²) in [6.45, 7) is -2.28. The van der Waals surface area contributed by atoms with E-state index in [0.29, 0.717) is 6.54 Å². The number of alkyl halides is 2. The highest BCUT2D eigenvalue weighted by Crippen LogP contribution is 2.30. The number of carbonyl (C=O) groups excluding carboxylic acids is 1. The van der Waals surface area contributed by atoms with Crippen LogP contribution in [0.1, 0.15) is 31.0 Å². The summed E-state index contributed by atoms with van der Waals surface area (Å²) in [6, 6.07) is 4.25. The fraction of sp³-hybridized carbons (Fsp3) is 0.400. The van der Waals surface area contributed by atoms with E-state index < -0.39 is 6.61 Å². The molecule has 2 amide bonds. The number of aromatic amines is 1. The van der Waals surface area contributed by atoms with E-state index >= 15 is 0 Å². The minimum atomic E-state index is -2.91. The van der Waals surface area contributed by atoms with Gasteiger partial charge in [-0.15, -0.1) is 0 Å². The van der Waals surface area contributed by atoms with Crippen LogP contribution in [0.2, 0.25) is 0 Å². The minimum Gasteiger partial charge on any atom is -0.433 e. The molecule has 7 nitrogen and oxygen atoms in total. The predicted octanol–water partition coefficient (Wildman–Crippen LogP) is 3.17. The Morgan fingerprint density at radius 2 is 2.25 bits per heavy atom. The number of likely N-dealkylation sites (tertiary alicyclic amines) is 1. The van der Waals surface area contributed by atoms with Crippen molar-refractivity contribution in [2.24, 2.45) is 0 Å². The Kier molecular flexibility index (Phi) is 4.88. The highest BCUT2D eigenvalue weighted by molar-refractivity contribution is 5.88. The first-order valence-electron chi connectivity index (χ1n) is 7.61. The van der Waals surface area contributed by atoms with Crippen LogP contribution in [0.25, 0.3) is 0 Å². The molecule has 1 atom stereocenters. The highest BCUT2D eigenvalue weighted by atomic mass is 19.3. The zero-order valence-corrected chi connectivity index (χ0v) is 12.8. The van der Waals surface area contributed by atoms with Gasteiger partial charge in [-0.2, -0.15) is 13.9 Å². The first-order valence-corrected chi connectivity index (χ1v) is 7.61. The molecule has 0 saturated carbocycles. The number of hydrogen-bond acceptors (Lipinski definition) is 4. The first kappa shape index (κ1) is 16.2.